The van der Waals surface area contributed by atoms with Crippen LogP contribution in [-0.2, 0) is 12.8 Å². The van der Waals surface area contributed by atoms with Crippen LogP contribution in [0.25, 0.3) is 0 Å². The minimum atomic E-state index is -0.481. The van der Waals surface area contributed by atoms with Gasteiger partial charge in [0.1, 0.15) is 5.82 Å². The zero-order valence-corrected chi connectivity index (χ0v) is 12.7. The maximum absolute atomic E-state index is 13.7. The van der Waals surface area contributed by atoms with Gasteiger partial charge in [-0.15, -0.1) is 0 Å². The Morgan fingerprint density at radius 2 is 1.26 bits per heavy atom. The molecule has 0 aliphatic rings. The molecule has 0 amide bonds. The minimum absolute atomic E-state index is 0.115. The maximum Gasteiger partial charge on any atom is 0.195 e. The lowest BCUT2D eigenvalue weighted by Crippen LogP contribution is -2.04. The molecule has 0 saturated carbocycles. The first-order chi connectivity index (χ1) is 11.2. The van der Waals surface area contributed by atoms with Crippen molar-refractivity contribution in [3.8, 4) is 0 Å². The molecule has 0 heterocycles. The lowest BCUT2D eigenvalue weighted by molar-refractivity contribution is 0.103. The molecule has 0 aromatic heterocycles. The largest absolute Gasteiger partial charge is 0.288 e. The molecular weight excluding hydrogens is 287 g/mol. The Hall–Kier alpha value is -2.74. The predicted molar refractivity (Wildman–Crippen MR) is 90.1 cm³/mol. The molecular formula is C21H17FO. The van der Waals surface area contributed by atoms with Gasteiger partial charge in [0.2, 0.25) is 0 Å². The van der Waals surface area contributed by atoms with Crippen LogP contribution in [0.3, 0.4) is 0 Å². The average molecular weight is 304 g/mol. The van der Waals surface area contributed by atoms with Crippen LogP contribution < -0.4 is 0 Å². The maximum atomic E-state index is 13.7. The second kappa shape index (κ2) is 7.01. The molecule has 23 heavy (non-hydrogen) atoms. The van der Waals surface area contributed by atoms with Crippen molar-refractivity contribution in [1.29, 1.82) is 0 Å². The number of rotatable bonds is 5. The summed E-state index contributed by atoms with van der Waals surface area (Å²) in [5, 5.41) is 0. The van der Waals surface area contributed by atoms with Gasteiger partial charge in [-0.05, 0) is 36.1 Å². The molecule has 3 aromatic rings. The van der Waals surface area contributed by atoms with Gasteiger partial charge in [0.05, 0.1) is 5.56 Å². The molecule has 2 heteroatoms. The van der Waals surface area contributed by atoms with Crippen LogP contribution in [-0.4, -0.2) is 5.78 Å². The van der Waals surface area contributed by atoms with E-state index in [2.05, 4.69) is 12.1 Å². The van der Waals surface area contributed by atoms with Crippen molar-refractivity contribution >= 4 is 5.78 Å². The van der Waals surface area contributed by atoms with Gasteiger partial charge in [0, 0.05) is 5.56 Å². The van der Waals surface area contributed by atoms with Crippen molar-refractivity contribution < 1.29 is 9.18 Å². The fourth-order valence-electron chi connectivity index (χ4n) is 2.56. The van der Waals surface area contributed by atoms with Crippen LogP contribution in [0, 0.1) is 5.82 Å². The van der Waals surface area contributed by atoms with E-state index >= 15 is 0 Å². The highest BCUT2D eigenvalue weighted by Crippen LogP contribution is 2.15. The molecule has 0 bridgehead atoms. The monoisotopic (exact) mass is 304 g/mol. The molecule has 0 fully saturated rings. The van der Waals surface area contributed by atoms with E-state index in [0.717, 1.165) is 12.8 Å². The van der Waals surface area contributed by atoms with E-state index < -0.39 is 5.82 Å². The van der Waals surface area contributed by atoms with Crippen LogP contribution in [0.15, 0.2) is 78.9 Å². The summed E-state index contributed by atoms with van der Waals surface area (Å²) in [7, 11) is 0. The van der Waals surface area contributed by atoms with Crippen molar-refractivity contribution in [2.45, 2.75) is 12.8 Å². The molecule has 0 unspecified atom stereocenters. The zero-order chi connectivity index (χ0) is 16.1. The number of hydrogen-bond acceptors (Lipinski definition) is 1. The van der Waals surface area contributed by atoms with Gasteiger partial charge >= 0.3 is 0 Å². The number of carbonyl (C=O) groups excluding carboxylic acids is 1. The fourth-order valence-corrected chi connectivity index (χ4v) is 2.56. The van der Waals surface area contributed by atoms with Crippen LogP contribution in [0.1, 0.15) is 27.0 Å². The number of aryl methyl sites for hydroxylation is 2. The van der Waals surface area contributed by atoms with Crippen molar-refractivity contribution in [3.05, 3.63) is 107 Å². The molecule has 3 rings (SSSR count). The summed E-state index contributed by atoms with van der Waals surface area (Å²) in [5.74, 6) is -0.761. The Kier molecular flexibility index (Phi) is 4.62. The summed E-state index contributed by atoms with van der Waals surface area (Å²) in [6.07, 6.45) is 1.87. The standard InChI is InChI=1S/C21H17FO/c22-20-9-5-4-8-19(20)21(23)18-14-12-17(13-15-18)11-10-16-6-2-1-3-7-16/h1-9,12-15H,10-11H2. The second-order valence-corrected chi connectivity index (χ2v) is 5.49. The number of benzene rings is 3. The highest BCUT2D eigenvalue weighted by Gasteiger charge is 2.12. The fraction of sp³-hybridized carbons (Fsp3) is 0.0952. The Balaban J connectivity index is 1.70. The third-order valence-electron chi connectivity index (χ3n) is 3.88. The van der Waals surface area contributed by atoms with Gasteiger partial charge < -0.3 is 0 Å². The van der Waals surface area contributed by atoms with Crippen LogP contribution in [0.2, 0.25) is 0 Å². The average Bonchev–Trinajstić information content (AvgIpc) is 2.61. The van der Waals surface area contributed by atoms with Gasteiger partial charge in [-0.1, -0.05) is 66.7 Å². The van der Waals surface area contributed by atoms with E-state index in [-0.39, 0.29) is 11.3 Å². The third kappa shape index (κ3) is 3.72. The van der Waals surface area contributed by atoms with Gasteiger partial charge in [0.25, 0.3) is 0 Å². The first kappa shape index (κ1) is 15.2. The number of halogens is 1. The quantitative estimate of drug-likeness (QED) is 0.616. The van der Waals surface area contributed by atoms with E-state index in [1.807, 2.05) is 30.3 Å². The van der Waals surface area contributed by atoms with E-state index in [4.69, 9.17) is 0 Å². The van der Waals surface area contributed by atoms with Crippen molar-refractivity contribution in [1.82, 2.24) is 0 Å². The van der Waals surface area contributed by atoms with Crippen LogP contribution >= 0.6 is 0 Å². The number of ketones is 1. The predicted octanol–water partition coefficient (Wildman–Crippen LogP) is 4.84. The third-order valence-corrected chi connectivity index (χ3v) is 3.88. The molecule has 0 saturated heterocycles. The highest BCUT2D eigenvalue weighted by molar-refractivity contribution is 6.09. The van der Waals surface area contributed by atoms with Gasteiger partial charge in [-0.3, -0.25) is 4.79 Å². The molecule has 3 aromatic carbocycles. The molecule has 1 nitrogen and oxygen atoms in total. The van der Waals surface area contributed by atoms with Gasteiger partial charge in [0.15, 0.2) is 5.78 Å². The molecule has 0 N–H and O–H groups in total. The van der Waals surface area contributed by atoms with Crippen molar-refractivity contribution in [2.24, 2.45) is 0 Å². The first-order valence-corrected chi connectivity index (χ1v) is 7.66. The van der Waals surface area contributed by atoms with E-state index in [0.29, 0.717) is 5.56 Å². The minimum Gasteiger partial charge on any atom is -0.288 e. The molecule has 0 atom stereocenters. The Morgan fingerprint density at radius 3 is 1.91 bits per heavy atom. The highest BCUT2D eigenvalue weighted by atomic mass is 19.1. The van der Waals surface area contributed by atoms with Crippen LogP contribution in [0.4, 0.5) is 4.39 Å². The second-order valence-electron chi connectivity index (χ2n) is 5.49. The van der Waals surface area contributed by atoms with Gasteiger partial charge in [-0.25, -0.2) is 4.39 Å². The van der Waals surface area contributed by atoms with E-state index in [1.165, 1.54) is 23.3 Å². The molecule has 0 aliphatic heterocycles. The van der Waals surface area contributed by atoms with Gasteiger partial charge in [-0.2, -0.15) is 0 Å². The smallest absolute Gasteiger partial charge is 0.195 e. The summed E-state index contributed by atoms with van der Waals surface area (Å²) in [6.45, 7) is 0. The summed E-state index contributed by atoms with van der Waals surface area (Å²) < 4.78 is 13.7. The Bertz CT molecular complexity index is 792. The molecule has 0 spiro atoms. The molecule has 0 radical (unpaired) electrons. The number of hydrogen-bond donors (Lipinski definition) is 0. The normalized spacial score (nSPS) is 10.5. The van der Waals surface area contributed by atoms with Crippen molar-refractivity contribution in [3.63, 3.8) is 0 Å². The lowest BCUT2D eigenvalue weighted by Gasteiger charge is -2.05. The summed E-state index contributed by atoms with van der Waals surface area (Å²) in [4.78, 5) is 12.3. The van der Waals surface area contributed by atoms with E-state index in [1.54, 1.807) is 24.3 Å². The first-order valence-electron chi connectivity index (χ1n) is 7.66. The Labute approximate surface area is 135 Å². The van der Waals surface area contributed by atoms with E-state index in [9.17, 15) is 9.18 Å². The number of carbonyl (C=O) groups is 1. The Morgan fingerprint density at radius 1 is 0.696 bits per heavy atom. The van der Waals surface area contributed by atoms with Crippen molar-refractivity contribution in [2.75, 3.05) is 0 Å². The SMILES string of the molecule is O=C(c1ccc(CCc2ccccc2)cc1)c1ccccc1F. The van der Waals surface area contributed by atoms with Crippen LogP contribution in [0.5, 0.6) is 0 Å². The molecule has 114 valence electrons. The summed E-state index contributed by atoms with van der Waals surface area (Å²) in [5.41, 5.74) is 3.08. The summed E-state index contributed by atoms with van der Waals surface area (Å²) in [6, 6.07) is 23.8. The molecule has 0 aliphatic carbocycles. The lowest BCUT2D eigenvalue weighted by atomic mass is 9.99. The zero-order valence-electron chi connectivity index (χ0n) is 12.7. The topological polar surface area (TPSA) is 17.1 Å². The summed E-state index contributed by atoms with van der Waals surface area (Å²) >= 11 is 0.